The number of thiophene rings is 1. The zero-order valence-corrected chi connectivity index (χ0v) is 13.0. The first-order valence-electron chi connectivity index (χ1n) is 6.43. The van der Waals surface area contributed by atoms with Crippen LogP contribution in [0.5, 0.6) is 0 Å². The average Bonchev–Trinajstić information content (AvgIpc) is 3.12. The lowest BCUT2D eigenvalue weighted by atomic mass is 10.4. The van der Waals surface area contributed by atoms with Crippen LogP contribution >= 0.6 is 11.3 Å². The maximum atomic E-state index is 12.2. The smallest absolute Gasteiger partial charge is 0.241 e. The van der Waals surface area contributed by atoms with Gasteiger partial charge in [-0.05, 0) is 32.9 Å². The Morgan fingerprint density at radius 2 is 2.21 bits per heavy atom. The second kappa shape index (κ2) is 5.88. The van der Waals surface area contributed by atoms with Crippen molar-refractivity contribution in [2.75, 3.05) is 20.1 Å². The lowest BCUT2D eigenvalue weighted by molar-refractivity contribution is 0.329. The molecule has 5 nitrogen and oxygen atoms in total. The molecule has 1 aromatic heterocycles. The lowest BCUT2D eigenvalue weighted by Crippen LogP contribution is -2.34. The van der Waals surface area contributed by atoms with Crippen LogP contribution in [-0.4, -0.2) is 39.5 Å². The second-order valence-corrected chi connectivity index (χ2v) is 8.02. The molecule has 108 valence electrons. The summed E-state index contributed by atoms with van der Waals surface area (Å²) in [6.45, 7) is 3.39. The summed E-state index contributed by atoms with van der Waals surface area (Å²) in [4.78, 5) is 4.26. The van der Waals surface area contributed by atoms with Crippen LogP contribution in [0.2, 0.25) is 0 Å². The number of rotatable bonds is 7. The standard InChI is InChI=1S/C12H21N3O2S2/c1-9-12(7-11(8-13)18-9)19(16,17)14-5-6-15(2)10-3-4-10/h7,10,14H,3-6,8,13H2,1-2H3. The Bertz CT molecular complexity index is 535. The van der Waals surface area contributed by atoms with Crippen molar-refractivity contribution in [1.82, 2.24) is 9.62 Å². The molecule has 1 fully saturated rings. The van der Waals surface area contributed by atoms with Gasteiger partial charge in [0.15, 0.2) is 0 Å². The fraction of sp³-hybridized carbons (Fsp3) is 0.667. The van der Waals surface area contributed by atoms with E-state index in [9.17, 15) is 8.42 Å². The van der Waals surface area contributed by atoms with Gasteiger partial charge in [-0.1, -0.05) is 0 Å². The van der Waals surface area contributed by atoms with Crippen molar-refractivity contribution in [2.45, 2.75) is 37.2 Å². The maximum Gasteiger partial charge on any atom is 0.241 e. The van der Waals surface area contributed by atoms with Gasteiger partial charge in [-0.3, -0.25) is 0 Å². The predicted molar refractivity (Wildman–Crippen MR) is 77.8 cm³/mol. The SMILES string of the molecule is Cc1sc(CN)cc1S(=O)(=O)NCCN(C)C1CC1. The van der Waals surface area contributed by atoms with Crippen LogP contribution in [0.25, 0.3) is 0 Å². The highest BCUT2D eigenvalue weighted by atomic mass is 32.2. The summed E-state index contributed by atoms with van der Waals surface area (Å²) in [5, 5.41) is 0. The van der Waals surface area contributed by atoms with Crippen LogP contribution in [0.1, 0.15) is 22.6 Å². The van der Waals surface area contributed by atoms with Gasteiger partial charge in [-0.2, -0.15) is 0 Å². The molecule has 0 bridgehead atoms. The molecule has 1 aliphatic carbocycles. The predicted octanol–water partition coefficient (Wildman–Crippen LogP) is 0.888. The van der Waals surface area contributed by atoms with E-state index in [-0.39, 0.29) is 0 Å². The first-order chi connectivity index (χ1) is 8.94. The zero-order valence-electron chi connectivity index (χ0n) is 11.3. The molecule has 0 atom stereocenters. The highest BCUT2D eigenvalue weighted by Gasteiger charge is 2.26. The van der Waals surface area contributed by atoms with E-state index in [1.165, 1.54) is 24.2 Å². The van der Waals surface area contributed by atoms with Crippen molar-refractivity contribution in [2.24, 2.45) is 5.73 Å². The van der Waals surface area contributed by atoms with E-state index in [1.54, 1.807) is 6.07 Å². The summed E-state index contributed by atoms with van der Waals surface area (Å²) < 4.78 is 27.0. The fourth-order valence-corrected chi connectivity index (χ4v) is 4.56. The summed E-state index contributed by atoms with van der Waals surface area (Å²) in [5.74, 6) is 0. The van der Waals surface area contributed by atoms with E-state index in [4.69, 9.17) is 5.73 Å². The topological polar surface area (TPSA) is 75.4 Å². The minimum absolute atomic E-state index is 0.368. The van der Waals surface area contributed by atoms with E-state index in [0.717, 1.165) is 16.3 Å². The number of likely N-dealkylation sites (N-methyl/N-ethyl adjacent to an activating group) is 1. The van der Waals surface area contributed by atoms with Crippen molar-refractivity contribution in [3.05, 3.63) is 15.8 Å². The average molecular weight is 303 g/mol. The van der Waals surface area contributed by atoms with E-state index in [1.807, 2.05) is 14.0 Å². The van der Waals surface area contributed by atoms with Gasteiger partial charge >= 0.3 is 0 Å². The highest BCUT2D eigenvalue weighted by molar-refractivity contribution is 7.89. The summed E-state index contributed by atoms with van der Waals surface area (Å²) in [6, 6.07) is 2.32. The number of nitrogens with two attached hydrogens (primary N) is 1. The first kappa shape index (κ1) is 14.9. The zero-order chi connectivity index (χ0) is 14.0. The van der Waals surface area contributed by atoms with E-state index < -0.39 is 10.0 Å². The van der Waals surface area contributed by atoms with Gasteiger partial charge in [0.2, 0.25) is 10.0 Å². The molecular weight excluding hydrogens is 282 g/mol. The van der Waals surface area contributed by atoms with Crippen LogP contribution in [-0.2, 0) is 16.6 Å². The maximum absolute atomic E-state index is 12.2. The van der Waals surface area contributed by atoms with Crippen molar-refractivity contribution >= 4 is 21.4 Å². The molecule has 19 heavy (non-hydrogen) atoms. The summed E-state index contributed by atoms with van der Waals surface area (Å²) in [6.07, 6.45) is 2.46. The Morgan fingerprint density at radius 3 is 2.74 bits per heavy atom. The minimum atomic E-state index is -3.40. The number of aryl methyl sites for hydroxylation is 1. The molecule has 1 heterocycles. The van der Waals surface area contributed by atoms with Crippen molar-refractivity contribution in [3.8, 4) is 0 Å². The van der Waals surface area contributed by atoms with Gasteiger partial charge in [0.1, 0.15) is 0 Å². The largest absolute Gasteiger partial charge is 0.326 e. The number of nitrogens with zero attached hydrogens (tertiary/aromatic N) is 1. The van der Waals surface area contributed by atoms with E-state index >= 15 is 0 Å². The fourth-order valence-electron chi connectivity index (χ4n) is 2.02. The Morgan fingerprint density at radius 1 is 1.53 bits per heavy atom. The third-order valence-electron chi connectivity index (χ3n) is 3.34. The minimum Gasteiger partial charge on any atom is -0.326 e. The van der Waals surface area contributed by atoms with Crippen LogP contribution in [0.15, 0.2) is 11.0 Å². The molecule has 3 N–H and O–H groups in total. The van der Waals surface area contributed by atoms with Crippen LogP contribution in [0, 0.1) is 6.92 Å². The molecular formula is C12H21N3O2S2. The Hall–Kier alpha value is -0.470. The number of hydrogen-bond donors (Lipinski definition) is 2. The molecule has 7 heteroatoms. The van der Waals surface area contributed by atoms with Gasteiger partial charge < -0.3 is 10.6 Å². The number of nitrogens with one attached hydrogen (secondary N) is 1. The monoisotopic (exact) mass is 303 g/mol. The third kappa shape index (κ3) is 3.76. The first-order valence-corrected chi connectivity index (χ1v) is 8.73. The van der Waals surface area contributed by atoms with Crippen LogP contribution < -0.4 is 10.5 Å². The van der Waals surface area contributed by atoms with Crippen molar-refractivity contribution in [3.63, 3.8) is 0 Å². The normalized spacial score (nSPS) is 16.2. The molecule has 0 amide bonds. The summed E-state index contributed by atoms with van der Waals surface area (Å²) in [5.41, 5.74) is 5.54. The quantitative estimate of drug-likeness (QED) is 0.784. The lowest BCUT2D eigenvalue weighted by Gasteiger charge is -2.15. The van der Waals surface area contributed by atoms with Gasteiger partial charge in [-0.15, -0.1) is 11.3 Å². The van der Waals surface area contributed by atoms with Gasteiger partial charge in [0.05, 0.1) is 4.90 Å². The van der Waals surface area contributed by atoms with Gasteiger partial charge in [-0.25, -0.2) is 13.1 Å². The molecule has 0 unspecified atom stereocenters. The molecule has 0 aromatic carbocycles. The summed E-state index contributed by atoms with van der Waals surface area (Å²) >= 11 is 1.44. The Labute approximate surface area is 118 Å². The molecule has 2 rings (SSSR count). The molecule has 0 aliphatic heterocycles. The van der Waals surface area contributed by atoms with Gasteiger partial charge in [0.25, 0.3) is 0 Å². The molecule has 0 radical (unpaired) electrons. The molecule has 1 saturated carbocycles. The van der Waals surface area contributed by atoms with Gasteiger partial charge in [0, 0.05) is 35.4 Å². The van der Waals surface area contributed by atoms with E-state index in [0.29, 0.717) is 24.0 Å². The van der Waals surface area contributed by atoms with Crippen molar-refractivity contribution < 1.29 is 8.42 Å². The van der Waals surface area contributed by atoms with Crippen LogP contribution in [0.4, 0.5) is 0 Å². The Balaban J connectivity index is 1.94. The van der Waals surface area contributed by atoms with Crippen LogP contribution in [0.3, 0.4) is 0 Å². The highest BCUT2D eigenvalue weighted by Crippen LogP contribution is 2.26. The molecule has 1 aliphatic rings. The summed E-state index contributed by atoms with van der Waals surface area (Å²) in [7, 11) is -1.37. The molecule has 0 spiro atoms. The van der Waals surface area contributed by atoms with Crippen molar-refractivity contribution in [1.29, 1.82) is 0 Å². The third-order valence-corrected chi connectivity index (χ3v) is 6.13. The molecule has 0 saturated heterocycles. The van der Waals surface area contributed by atoms with E-state index in [2.05, 4.69) is 9.62 Å². The second-order valence-electron chi connectivity index (χ2n) is 4.95. The number of hydrogen-bond acceptors (Lipinski definition) is 5. The Kier molecular flexibility index (Phi) is 4.62. The number of sulfonamides is 1. The molecule has 1 aromatic rings.